The summed E-state index contributed by atoms with van der Waals surface area (Å²) >= 11 is 0. The van der Waals surface area contributed by atoms with Gasteiger partial charge in [-0.05, 0) is 31.4 Å². The molecule has 0 aliphatic carbocycles. The Balaban J connectivity index is 1.94. The van der Waals surface area contributed by atoms with Gasteiger partial charge in [-0.3, -0.25) is 4.79 Å². The van der Waals surface area contributed by atoms with Crippen molar-refractivity contribution in [1.29, 1.82) is 0 Å². The van der Waals surface area contributed by atoms with Crippen LogP contribution in [0.25, 0.3) is 0 Å². The highest BCUT2D eigenvalue weighted by Crippen LogP contribution is 2.15. The zero-order chi connectivity index (χ0) is 15.2. The second kappa shape index (κ2) is 7.57. The molecule has 4 nitrogen and oxygen atoms in total. The van der Waals surface area contributed by atoms with Crippen LogP contribution in [0.3, 0.4) is 0 Å². The molecule has 1 aromatic rings. The molecular formula is C17H25NO3. The zero-order valence-corrected chi connectivity index (χ0v) is 13.2. The number of ether oxygens (including phenoxy) is 2. The smallest absolute Gasteiger partial charge is 0.227 e. The molecule has 116 valence electrons. The normalized spacial score (nSPS) is 18.8. The standard InChI is InChI=1S/C17H25NO3/c1-13-4-5-14(2)15(10-13)11-17(19)18-7-9-21-16(12-18)6-8-20-3/h4-5,10,16H,6-9,11-12H2,1-3H3/t16-/m1/s1. The van der Waals surface area contributed by atoms with Crippen LogP contribution in [0.15, 0.2) is 18.2 Å². The van der Waals surface area contributed by atoms with Gasteiger partial charge < -0.3 is 14.4 Å². The minimum absolute atomic E-state index is 0.0984. The number of carbonyl (C=O) groups is 1. The van der Waals surface area contributed by atoms with Gasteiger partial charge in [0.1, 0.15) is 0 Å². The molecule has 1 aliphatic rings. The molecule has 1 heterocycles. The van der Waals surface area contributed by atoms with Gasteiger partial charge in [0.15, 0.2) is 0 Å². The van der Waals surface area contributed by atoms with E-state index in [1.807, 2.05) is 4.90 Å². The molecule has 0 saturated carbocycles. The highest BCUT2D eigenvalue weighted by atomic mass is 16.5. The summed E-state index contributed by atoms with van der Waals surface area (Å²) in [6.07, 6.45) is 1.41. The van der Waals surface area contributed by atoms with Crippen molar-refractivity contribution in [2.75, 3.05) is 33.4 Å². The number of amides is 1. The van der Waals surface area contributed by atoms with Gasteiger partial charge in [-0.2, -0.15) is 0 Å². The van der Waals surface area contributed by atoms with Crippen molar-refractivity contribution >= 4 is 5.91 Å². The summed E-state index contributed by atoms with van der Waals surface area (Å²) in [5, 5.41) is 0. The van der Waals surface area contributed by atoms with Crippen LogP contribution < -0.4 is 0 Å². The van der Waals surface area contributed by atoms with Crippen molar-refractivity contribution in [3.63, 3.8) is 0 Å². The van der Waals surface area contributed by atoms with Gasteiger partial charge in [0.25, 0.3) is 0 Å². The van der Waals surface area contributed by atoms with Gasteiger partial charge in [0.2, 0.25) is 5.91 Å². The van der Waals surface area contributed by atoms with Crippen molar-refractivity contribution in [3.8, 4) is 0 Å². The van der Waals surface area contributed by atoms with Crippen LogP contribution in [0.5, 0.6) is 0 Å². The molecule has 1 fully saturated rings. The van der Waals surface area contributed by atoms with Crippen LogP contribution in [-0.2, 0) is 20.7 Å². The summed E-state index contributed by atoms with van der Waals surface area (Å²) in [5.41, 5.74) is 3.50. The minimum Gasteiger partial charge on any atom is -0.385 e. The maximum Gasteiger partial charge on any atom is 0.227 e. The first-order valence-electron chi connectivity index (χ1n) is 7.54. The Morgan fingerprint density at radius 3 is 3.00 bits per heavy atom. The number of hydrogen-bond acceptors (Lipinski definition) is 3. The molecule has 0 N–H and O–H groups in total. The number of aryl methyl sites for hydroxylation is 2. The molecule has 0 radical (unpaired) electrons. The molecule has 1 atom stereocenters. The first kappa shape index (κ1) is 16.0. The fourth-order valence-corrected chi connectivity index (χ4v) is 2.64. The lowest BCUT2D eigenvalue weighted by Gasteiger charge is -2.33. The number of nitrogens with zero attached hydrogens (tertiary/aromatic N) is 1. The summed E-state index contributed by atoms with van der Waals surface area (Å²) in [5.74, 6) is 0.189. The average Bonchev–Trinajstić information content (AvgIpc) is 2.49. The monoisotopic (exact) mass is 291 g/mol. The lowest BCUT2D eigenvalue weighted by atomic mass is 10.0. The number of methoxy groups -OCH3 is 1. The van der Waals surface area contributed by atoms with E-state index in [1.54, 1.807) is 7.11 Å². The molecule has 4 heteroatoms. The number of hydrogen-bond donors (Lipinski definition) is 0. The van der Waals surface area contributed by atoms with Crippen molar-refractivity contribution in [2.45, 2.75) is 32.8 Å². The number of carbonyl (C=O) groups excluding carboxylic acids is 1. The highest BCUT2D eigenvalue weighted by molar-refractivity contribution is 5.79. The summed E-state index contributed by atoms with van der Waals surface area (Å²) in [6, 6.07) is 6.27. The van der Waals surface area contributed by atoms with Crippen molar-refractivity contribution in [2.24, 2.45) is 0 Å². The minimum atomic E-state index is 0.0984. The van der Waals surface area contributed by atoms with Crippen LogP contribution in [-0.4, -0.2) is 50.3 Å². The third-order valence-corrected chi connectivity index (χ3v) is 3.98. The summed E-state index contributed by atoms with van der Waals surface area (Å²) in [6.45, 7) is 6.77. The lowest BCUT2D eigenvalue weighted by Crippen LogP contribution is -2.46. The SMILES string of the molecule is COCC[C@@H]1CN(C(=O)Cc2cc(C)ccc2C)CCO1. The van der Waals surface area contributed by atoms with E-state index >= 15 is 0 Å². The summed E-state index contributed by atoms with van der Waals surface area (Å²) in [4.78, 5) is 14.4. The molecule has 0 aromatic heterocycles. The second-order valence-electron chi connectivity index (χ2n) is 5.72. The lowest BCUT2D eigenvalue weighted by molar-refractivity contribution is -0.138. The molecule has 21 heavy (non-hydrogen) atoms. The average molecular weight is 291 g/mol. The maximum absolute atomic E-state index is 12.5. The predicted molar refractivity (Wildman–Crippen MR) is 82.4 cm³/mol. The zero-order valence-electron chi connectivity index (χ0n) is 13.2. The van der Waals surface area contributed by atoms with E-state index in [9.17, 15) is 4.79 Å². The Morgan fingerprint density at radius 1 is 1.43 bits per heavy atom. The molecule has 1 saturated heterocycles. The topological polar surface area (TPSA) is 38.8 Å². The highest BCUT2D eigenvalue weighted by Gasteiger charge is 2.24. The van der Waals surface area contributed by atoms with E-state index in [-0.39, 0.29) is 12.0 Å². The van der Waals surface area contributed by atoms with Crippen LogP contribution in [0.2, 0.25) is 0 Å². The quantitative estimate of drug-likeness (QED) is 0.834. The first-order valence-corrected chi connectivity index (χ1v) is 7.54. The number of benzene rings is 1. The second-order valence-corrected chi connectivity index (χ2v) is 5.72. The number of morpholine rings is 1. The maximum atomic E-state index is 12.5. The van der Waals surface area contributed by atoms with Crippen molar-refractivity contribution in [1.82, 2.24) is 4.90 Å². The molecule has 1 aliphatic heterocycles. The van der Waals surface area contributed by atoms with Gasteiger partial charge in [-0.15, -0.1) is 0 Å². The molecule has 0 bridgehead atoms. The van der Waals surface area contributed by atoms with E-state index < -0.39 is 0 Å². The number of rotatable bonds is 5. The van der Waals surface area contributed by atoms with Crippen molar-refractivity contribution < 1.29 is 14.3 Å². The van der Waals surface area contributed by atoms with Crippen molar-refractivity contribution in [3.05, 3.63) is 34.9 Å². The molecule has 0 spiro atoms. The van der Waals surface area contributed by atoms with Gasteiger partial charge >= 0.3 is 0 Å². The van der Waals surface area contributed by atoms with Gasteiger partial charge in [-0.1, -0.05) is 23.8 Å². The summed E-state index contributed by atoms with van der Waals surface area (Å²) < 4.78 is 10.8. The van der Waals surface area contributed by atoms with E-state index in [2.05, 4.69) is 32.0 Å². The Kier molecular flexibility index (Phi) is 5.76. The van der Waals surface area contributed by atoms with Gasteiger partial charge in [-0.25, -0.2) is 0 Å². The van der Waals surface area contributed by atoms with E-state index in [1.165, 1.54) is 11.1 Å². The van der Waals surface area contributed by atoms with Gasteiger partial charge in [0.05, 0.1) is 19.1 Å². The molecule has 1 aromatic carbocycles. The van der Waals surface area contributed by atoms with Crippen LogP contribution >= 0.6 is 0 Å². The third-order valence-electron chi connectivity index (χ3n) is 3.98. The molecule has 0 unspecified atom stereocenters. The van der Waals surface area contributed by atoms with Gasteiger partial charge in [0, 0.05) is 26.8 Å². The van der Waals surface area contributed by atoms with Crippen LogP contribution in [0, 0.1) is 13.8 Å². The molecular weight excluding hydrogens is 266 g/mol. The Morgan fingerprint density at radius 2 is 2.24 bits per heavy atom. The fourth-order valence-electron chi connectivity index (χ4n) is 2.64. The van der Waals surface area contributed by atoms with E-state index in [0.29, 0.717) is 32.7 Å². The van der Waals surface area contributed by atoms with Crippen LogP contribution in [0.4, 0.5) is 0 Å². The largest absolute Gasteiger partial charge is 0.385 e. The first-order chi connectivity index (χ1) is 10.1. The molecule has 2 rings (SSSR count). The predicted octanol–water partition coefficient (Wildman–Crippen LogP) is 2.11. The Bertz CT molecular complexity index is 487. The molecule has 1 amide bonds. The van der Waals surface area contributed by atoms with Crippen LogP contribution in [0.1, 0.15) is 23.1 Å². The fraction of sp³-hybridized carbons (Fsp3) is 0.588. The Hall–Kier alpha value is -1.39. The third kappa shape index (κ3) is 4.55. The summed E-state index contributed by atoms with van der Waals surface area (Å²) in [7, 11) is 1.69. The van der Waals surface area contributed by atoms with E-state index in [4.69, 9.17) is 9.47 Å². The van der Waals surface area contributed by atoms with E-state index in [0.717, 1.165) is 12.0 Å². The Labute approximate surface area is 127 Å².